The summed E-state index contributed by atoms with van der Waals surface area (Å²) in [5.41, 5.74) is 6.96. The molecule has 0 saturated heterocycles. The first-order valence-electron chi connectivity index (χ1n) is 8.83. The lowest BCUT2D eigenvalue weighted by Gasteiger charge is -2.12. The number of nitrogens with one attached hydrogen (secondary N) is 2. The van der Waals surface area contributed by atoms with E-state index in [4.69, 9.17) is 10.5 Å². The first-order chi connectivity index (χ1) is 13.1. The zero-order valence-corrected chi connectivity index (χ0v) is 18.1. The smallest absolute Gasteiger partial charge is 0.255 e. The quantitative estimate of drug-likeness (QED) is 0.281. The topological polar surface area (TPSA) is 88.7 Å². The molecular formula is C20H26FIN4O2. The van der Waals surface area contributed by atoms with Crippen LogP contribution in [0, 0.1) is 5.82 Å². The number of amides is 1. The van der Waals surface area contributed by atoms with Crippen molar-refractivity contribution in [1.82, 2.24) is 10.6 Å². The number of benzene rings is 2. The Morgan fingerprint density at radius 1 is 1.14 bits per heavy atom. The van der Waals surface area contributed by atoms with Crippen molar-refractivity contribution in [3.63, 3.8) is 0 Å². The van der Waals surface area contributed by atoms with Crippen molar-refractivity contribution in [2.24, 2.45) is 10.7 Å². The number of nitrogens with zero attached hydrogens (tertiary/aromatic N) is 1. The van der Waals surface area contributed by atoms with Crippen molar-refractivity contribution < 1.29 is 13.9 Å². The highest BCUT2D eigenvalue weighted by molar-refractivity contribution is 14.0. The molecule has 0 fully saturated rings. The normalized spacial score (nSPS) is 10.7. The van der Waals surface area contributed by atoms with E-state index >= 15 is 0 Å². The predicted octanol–water partition coefficient (Wildman–Crippen LogP) is 2.61. The molecule has 4 N–H and O–H groups in total. The number of hydrogen-bond donors (Lipinski definition) is 3. The average Bonchev–Trinajstić information content (AvgIpc) is 2.65. The summed E-state index contributed by atoms with van der Waals surface area (Å²) in [6.07, 6.45) is 0.693. The summed E-state index contributed by atoms with van der Waals surface area (Å²) in [6.45, 7) is 3.65. The van der Waals surface area contributed by atoms with Crippen molar-refractivity contribution in [3.05, 3.63) is 65.5 Å². The summed E-state index contributed by atoms with van der Waals surface area (Å²) in [6, 6.07) is 13.9. The van der Waals surface area contributed by atoms with Gasteiger partial charge in [-0.1, -0.05) is 24.3 Å². The van der Waals surface area contributed by atoms with E-state index in [0.717, 1.165) is 17.7 Å². The van der Waals surface area contributed by atoms with Gasteiger partial charge in [-0.25, -0.2) is 9.38 Å². The van der Waals surface area contributed by atoms with Crippen LogP contribution in [0.25, 0.3) is 0 Å². The monoisotopic (exact) mass is 500 g/mol. The second-order valence-electron chi connectivity index (χ2n) is 5.90. The molecule has 0 aromatic heterocycles. The second-order valence-corrected chi connectivity index (χ2v) is 5.90. The van der Waals surface area contributed by atoms with E-state index in [1.807, 2.05) is 31.2 Å². The van der Waals surface area contributed by atoms with Crippen LogP contribution in [-0.4, -0.2) is 31.6 Å². The first-order valence-corrected chi connectivity index (χ1v) is 8.83. The molecule has 8 heteroatoms. The Morgan fingerprint density at radius 2 is 1.89 bits per heavy atom. The molecule has 1 amide bonds. The minimum absolute atomic E-state index is 0. The van der Waals surface area contributed by atoms with Crippen LogP contribution < -0.4 is 21.1 Å². The fourth-order valence-electron chi connectivity index (χ4n) is 2.42. The Morgan fingerprint density at radius 3 is 2.61 bits per heavy atom. The molecule has 0 radical (unpaired) electrons. The standard InChI is InChI=1S/C20H25FN4O2.HI/c1-2-23-20(24-10-9-15-5-3-7-17(21)11-15)25-13-16-6-4-8-18(12-16)27-14-19(22)26;/h3-8,11-12H,2,9-10,13-14H2,1H3,(H2,22,26)(H2,23,24,25);1H. The molecule has 2 rings (SSSR count). The van der Waals surface area contributed by atoms with E-state index in [9.17, 15) is 9.18 Å². The molecule has 0 aliphatic heterocycles. The van der Waals surface area contributed by atoms with Gasteiger partial charge < -0.3 is 21.1 Å². The van der Waals surface area contributed by atoms with Gasteiger partial charge in [-0.05, 0) is 48.7 Å². The van der Waals surface area contributed by atoms with Gasteiger partial charge >= 0.3 is 0 Å². The van der Waals surface area contributed by atoms with Gasteiger partial charge in [0.1, 0.15) is 11.6 Å². The molecule has 2 aromatic carbocycles. The van der Waals surface area contributed by atoms with Crippen LogP contribution in [0.1, 0.15) is 18.1 Å². The molecular weight excluding hydrogens is 474 g/mol. The maximum absolute atomic E-state index is 13.2. The number of primary amides is 1. The van der Waals surface area contributed by atoms with E-state index in [0.29, 0.717) is 31.2 Å². The summed E-state index contributed by atoms with van der Waals surface area (Å²) in [7, 11) is 0. The maximum atomic E-state index is 13.2. The minimum Gasteiger partial charge on any atom is -0.484 e. The number of hydrogen-bond acceptors (Lipinski definition) is 3. The molecule has 28 heavy (non-hydrogen) atoms. The molecule has 0 aliphatic rings. The third-order valence-electron chi connectivity index (χ3n) is 3.64. The third kappa shape index (κ3) is 9.03. The molecule has 0 heterocycles. The lowest BCUT2D eigenvalue weighted by molar-refractivity contribution is -0.119. The van der Waals surface area contributed by atoms with Gasteiger partial charge in [-0.3, -0.25) is 4.79 Å². The molecule has 0 spiro atoms. The van der Waals surface area contributed by atoms with E-state index in [2.05, 4.69) is 15.6 Å². The number of rotatable bonds is 9. The third-order valence-corrected chi connectivity index (χ3v) is 3.64. The molecule has 2 aromatic rings. The lowest BCUT2D eigenvalue weighted by atomic mass is 10.1. The van der Waals surface area contributed by atoms with E-state index in [1.54, 1.807) is 12.1 Å². The van der Waals surface area contributed by atoms with Crippen molar-refractivity contribution >= 4 is 35.8 Å². The zero-order chi connectivity index (χ0) is 19.5. The van der Waals surface area contributed by atoms with Crippen LogP contribution in [0.3, 0.4) is 0 Å². The molecule has 0 saturated carbocycles. The van der Waals surface area contributed by atoms with Gasteiger partial charge in [0.2, 0.25) is 0 Å². The van der Waals surface area contributed by atoms with Crippen LogP contribution in [0.15, 0.2) is 53.5 Å². The van der Waals surface area contributed by atoms with Gasteiger partial charge in [-0.15, -0.1) is 24.0 Å². The number of ether oxygens (including phenoxy) is 1. The van der Waals surface area contributed by atoms with Crippen molar-refractivity contribution in [2.45, 2.75) is 19.9 Å². The highest BCUT2D eigenvalue weighted by Gasteiger charge is 2.02. The number of carbonyl (C=O) groups is 1. The van der Waals surface area contributed by atoms with Crippen molar-refractivity contribution in [2.75, 3.05) is 19.7 Å². The van der Waals surface area contributed by atoms with Gasteiger partial charge in [0.25, 0.3) is 5.91 Å². The zero-order valence-electron chi connectivity index (χ0n) is 15.8. The highest BCUT2D eigenvalue weighted by atomic mass is 127. The summed E-state index contributed by atoms with van der Waals surface area (Å²) in [5, 5.41) is 6.42. The fraction of sp³-hybridized carbons (Fsp3) is 0.300. The SMILES string of the molecule is CCNC(=NCc1cccc(OCC(N)=O)c1)NCCc1cccc(F)c1.I. The van der Waals surface area contributed by atoms with Crippen LogP contribution in [0.4, 0.5) is 4.39 Å². The average molecular weight is 500 g/mol. The molecule has 0 unspecified atom stereocenters. The number of carbonyl (C=O) groups excluding carboxylic acids is 1. The maximum Gasteiger partial charge on any atom is 0.255 e. The summed E-state index contributed by atoms with van der Waals surface area (Å²) in [4.78, 5) is 15.3. The van der Waals surface area contributed by atoms with Gasteiger partial charge in [0.15, 0.2) is 12.6 Å². The second kappa shape index (κ2) is 12.9. The molecule has 0 bridgehead atoms. The van der Waals surface area contributed by atoms with Crippen LogP contribution >= 0.6 is 24.0 Å². The molecule has 152 valence electrons. The summed E-state index contributed by atoms with van der Waals surface area (Å²) < 4.78 is 18.5. The largest absolute Gasteiger partial charge is 0.484 e. The molecule has 0 aliphatic carbocycles. The van der Waals surface area contributed by atoms with Crippen molar-refractivity contribution in [1.29, 1.82) is 0 Å². The Balaban J connectivity index is 0.00000392. The van der Waals surface area contributed by atoms with Gasteiger partial charge in [0.05, 0.1) is 6.54 Å². The predicted molar refractivity (Wildman–Crippen MR) is 119 cm³/mol. The van der Waals surface area contributed by atoms with E-state index < -0.39 is 5.91 Å². The van der Waals surface area contributed by atoms with Crippen LogP contribution in [0.5, 0.6) is 5.75 Å². The molecule has 0 atom stereocenters. The number of halogens is 2. The minimum atomic E-state index is -0.518. The number of nitrogens with two attached hydrogens (primary N) is 1. The van der Waals surface area contributed by atoms with Gasteiger partial charge in [0, 0.05) is 13.1 Å². The van der Waals surface area contributed by atoms with Crippen molar-refractivity contribution in [3.8, 4) is 5.75 Å². The first kappa shape index (κ1) is 23.7. The van der Waals surface area contributed by atoms with E-state index in [-0.39, 0.29) is 36.4 Å². The van der Waals surface area contributed by atoms with E-state index in [1.165, 1.54) is 12.1 Å². The Bertz CT molecular complexity index is 786. The molecule has 6 nitrogen and oxygen atoms in total. The lowest BCUT2D eigenvalue weighted by Crippen LogP contribution is -2.38. The van der Waals surface area contributed by atoms with Crippen LogP contribution in [0.2, 0.25) is 0 Å². The number of guanidine groups is 1. The van der Waals surface area contributed by atoms with Gasteiger partial charge in [-0.2, -0.15) is 0 Å². The van der Waals surface area contributed by atoms with Crippen LogP contribution in [-0.2, 0) is 17.8 Å². The Hall–Kier alpha value is -2.36. The highest BCUT2D eigenvalue weighted by Crippen LogP contribution is 2.14. The fourth-order valence-corrected chi connectivity index (χ4v) is 2.42. The summed E-state index contributed by atoms with van der Waals surface area (Å²) in [5.74, 6) is 0.504. The Labute approximate surface area is 181 Å². The Kier molecular flexibility index (Phi) is 10.9. The number of aliphatic imine (C=N–C) groups is 1. The summed E-state index contributed by atoms with van der Waals surface area (Å²) >= 11 is 0.